The molecule has 1 aromatic rings. The number of nitrogens with zero attached hydrogens (tertiary/aromatic N) is 1. The number of carbonyl (C=O) groups excluding carboxylic acids is 1. The maximum absolute atomic E-state index is 13.0. The second kappa shape index (κ2) is 6.51. The van der Waals surface area contributed by atoms with Crippen LogP contribution in [0.5, 0.6) is 0 Å². The van der Waals surface area contributed by atoms with E-state index in [-0.39, 0.29) is 5.91 Å². The lowest BCUT2D eigenvalue weighted by Crippen LogP contribution is -2.38. The zero-order valence-electron chi connectivity index (χ0n) is 12.8. The maximum Gasteiger partial charge on any atom is 0.254 e. The summed E-state index contributed by atoms with van der Waals surface area (Å²) in [5, 5.41) is 0. The first-order chi connectivity index (χ1) is 10.2. The van der Waals surface area contributed by atoms with Crippen LogP contribution in [0.4, 0.5) is 0 Å². The van der Waals surface area contributed by atoms with E-state index in [0.717, 1.165) is 28.1 Å². The first-order valence-corrected chi connectivity index (χ1v) is 9.02. The third-order valence-electron chi connectivity index (χ3n) is 4.93. The van der Waals surface area contributed by atoms with Crippen LogP contribution in [0.1, 0.15) is 60.9 Å². The number of hydrogen-bond donors (Lipinski definition) is 0. The van der Waals surface area contributed by atoms with Crippen LogP contribution in [0, 0.1) is 12.8 Å². The summed E-state index contributed by atoms with van der Waals surface area (Å²) in [6.45, 7) is 3.00. The number of halogens is 1. The van der Waals surface area contributed by atoms with Gasteiger partial charge in [0, 0.05) is 22.6 Å². The van der Waals surface area contributed by atoms with Crippen molar-refractivity contribution in [2.75, 3.05) is 6.54 Å². The van der Waals surface area contributed by atoms with Crippen LogP contribution in [0.3, 0.4) is 0 Å². The molecule has 2 aliphatic rings. The summed E-state index contributed by atoms with van der Waals surface area (Å²) in [5.41, 5.74) is 1.93. The van der Waals surface area contributed by atoms with Crippen LogP contribution in [0.15, 0.2) is 22.7 Å². The Bertz CT molecular complexity index is 518. The molecule has 0 saturated heterocycles. The van der Waals surface area contributed by atoms with Crippen molar-refractivity contribution in [3.05, 3.63) is 33.8 Å². The monoisotopic (exact) mass is 349 g/mol. The smallest absolute Gasteiger partial charge is 0.254 e. The molecule has 21 heavy (non-hydrogen) atoms. The van der Waals surface area contributed by atoms with Gasteiger partial charge in [-0.2, -0.15) is 0 Å². The molecule has 0 N–H and O–H groups in total. The minimum atomic E-state index is 0.238. The fourth-order valence-electron chi connectivity index (χ4n) is 3.43. The second-order valence-corrected chi connectivity index (χ2v) is 7.46. The van der Waals surface area contributed by atoms with Crippen molar-refractivity contribution in [2.24, 2.45) is 5.92 Å². The SMILES string of the molecule is Cc1c(Br)cccc1C(=O)N(CC1CCCCC1)C1CC1. The van der Waals surface area contributed by atoms with Gasteiger partial charge in [-0.15, -0.1) is 0 Å². The van der Waals surface area contributed by atoms with Crippen molar-refractivity contribution in [3.8, 4) is 0 Å². The average molecular weight is 350 g/mol. The molecule has 0 bridgehead atoms. The van der Waals surface area contributed by atoms with E-state index in [9.17, 15) is 4.79 Å². The predicted molar refractivity (Wildman–Crippen MR) is 89.5 cm³/mol. The van der Waals surface area contributed by atoms with E-state index in [2.05, 4.69) is 20.8 Å². The largest absolute Gasteiger partial charge is 0.335 e. The summed E-state index contributed by atoms with van der Waals surface area (Å²) in [5.74, 6) is 0.956. The van der Waals surface area contributed by atoms with Gasteiger partial charge in [0.2, 0.25) is 0 Å². The molecule has 0 heterocycles. The third kappa shape index (κ3) is 3.50. The molecule has 0 aliphatic heterocycles. The van der Waals surface area contributed by atoms with Crippen molar-refractivity contribution >= 4 is 21.8 Å². The first-order valence-electron chi connectivity index (χ1n) is 8.23. The Morgan fingerprint density at radius 3 is 2.57 bits per heavy atom. The summed E-state index contributed by atoms with van der Waals surface area (Å²) in [7, 11) is 0. The Morgan fingerprint density at radius 2 is 1.90 bits per heavy atom. The molecule has 0 spiro atoms. The van der Waals surface area contributed by atoms with Gasteiger partial charge in [-0.1, -0.05) is 41.3 Å². The zero-order valence-corrected chi connectivity index (χ0v) is 14.4. The molecule has 114 valence electrons. The van der Waals surface area contributed by atoms with Crippen molar-refractivity contribution in [1.82, 2.24) is 4.90 Å². The van der Waals surface area contributed by atoms with E-state index < -0.39 is 0 Å². The van der Waals surface area contributed by atoms with E-state index >= 15 is 0 Å². The van der Waals surface area contributed by atoms with Gasteiger partial charge < -0.3 is 4.90 Å². The first kappa shape index (κ1) is 15.1. The molecule has 3 rings (SSSR count). The number of hydrogen-bond acceptors (Lipinski definition) is 1. The van der Waals surface area contributed by atoms with Crippen LogP contribution in [-0.2, 0) is 0 Å². The molecule has 2 nitrogen and oxygen atoms in total. The molecule has 2 saturated carbocycles. The van der Waals surface area contributed by atoms with Crippen LogP contribution in [0.25, 0.3) is 0 Å². The number of benzene rings is 1. The molecule has 2 aliphatic carbocycles. The number of amides is 1. The maximum atomic E-state index is 13.0. The van der Waals surface area contributed by atoms with Gasteiger partial charge >= 0.3 is 0 Å². The highest BCUT2D eigenvalue weighted by atomic mass is 79.9. The number of carbonyl (C=O) groups is 1. The predicted octanol–water partition coefficient (Wildman–Crippen LogP) is 4.94. The molecular weight excluding hydrogens is 326 g/mol. The third-order valence-corrected chi connectivity index (χ3v) is 5.79. The molecular formula is C18H24BrNO. The minimum Gasteiger partial charge on any atom is -0.335 e. The molecule has 3 heteroatoms. The fraction of sp³-hybridized carbons (Fsp3) is 0.611. The van der Waals surface area contributed by atoms with Crippen molar-refractivity contribution < 1.29 is 4.79 Å². The van der Waals surface area contributed by atoms with E-state index in [1.165, 1.54) is 44.9 Å². The standard InChI is InChI=1S/C18H24BrNO/c1-13-16(8-5-9-17(13)19)18(21)20(15-10-11-15)12-14-6-3-2-4-7-14/h5,8-9,14-15H,2-4,6-7,10-12H2,1H3. The van der Waals surface area contributed by atoms with E-state index in [0.29, 0.717) is 6.04 Å². The Kier molecular flexibility index (Phi) is 4.68. The lowest BCUT2D eigenvalue weighted by molar-refractivity contribution is 0.0698. The van der Waals surface area contributed by atoms with Crippen LogP contribution in [0.2, 0.25) is 0 Å². The molecule has 0 aromatic heterocycles. The lowest BCUT2D eigenvalue weighted by Gasteiger charge is -2.30. The molecule has 0 radical (unpaired) electrons. The highest BCUT2D eigenvalue weighted by Gasteiger charge is 2.35. The van der Waals surface area contributed by atoms with Crippen LogP contribution in [-0.4, -0.2) is 23.4 Å². The second-order valence-electron chi connectivity index (χ2n) is 6.61. The van der Waals surface area contributed by atoms with Crippen molar-refractivity contribution in [3.63, 3.8) is 0 Å². The molecule has 1 amide bonds. The lowest BCUT2D eigenvalue weighted by atomic mass is 9.88. The highest BCUT2D eigenvalue weighted by Crippen LogP contribution is 2.33. The van der Waals surface area contributed by atoms with Gasteiger partial charge in [-0.25, -0.2) is 0 Å². The molecule has 2 fully saturated rings. The molecule has 1 aromatic carbocycles. The van der Waals surface area contributed by atoms with Gasteiger partial charge in [0.1, 0.15) is 0 Å². The summed E-state index contributed by atoms with van der Waals surface area (Å²) >= 11 is 3.54. The van der Waals surface area contributed by atoms with Gasteiger partial charge in [0.25, 0.3) is 5.91 Å². The fourth-order valence-corrected chi connectivity index (χ4v) is 3.79. The van der Waals surface area contributed by atoms with Gasteiger partial charge in [-0.3, -0.25) is 4.79 Å². The van der Waals surface area contributed by atoms with Gasteiger partial charge in [0.05, 0.1) is 0 Å². The summed E-state index contributed by atoms with van der Waals surface area (Å²) in [6, 6.07) is 6.45. The molecule has 0 unspecified atom stereocenters. The normalized spacial score (nSPS) is 19.5. The van der Waals surface area contributed by atoms with Crippen molar-refractivity contribution in [2.45, 2.75) is 57.9 Å². The quantitative estimate of drug-likeness (QED) is 0.753. The van der Waals surface area contributed by atoms with E-state index in [1.807, 2.05) is 25.1 Å². The van der Waals surface area contributed by atoms with Crippen LogP contribution >= 0.6 is 15.9 Å². The van der Waals surface area contributed by atoms with E-state index in [4.69, 9.17) is 0 Å². The van der Waals surface area contributed by atoms with Gasteiger partial charge in [0.15, 0.2) is 0 Å². The Labute approximate surface area is 136 Å². The Hall–Kier alpha value is -0.830. The minimum absolute atomic E-state index is 0.238. The van der Waals surface area contributed by atoms with Crippen LogP contribution < -0.4 is 0 Å². The highest BCUT2D eigenvalue weighted by molar-refractivity contribution is 9.10. The summed E-state index contributed by atoms with van der Waals surface area (Å²) in [4.78, 5) is 15.1. The summed E-state index contributed by atoms with van der Waals surface area (Å²) < 4.78 is 1.03. The number of rotatable bonds is 4. The van der Waals surface area contributed by atoms with Crippen molar-refractivity contribution in [1.29, 1.82) is 0 Å². The zero-order chi connectivity index (χ0) is 14.8. The Morgan fingerprint density at radius 1 is 1.19 bits per heavy atom. The Balaban J connectivity index is 1.76. The van der Waals surface area contributed by atoms with E-state index in [1.54, 1.807) is 0 Å². The van der Waals surface area contributed by atoms with Gasteiger partial charge in [-0.05, 0) is 56.2 Å². The average Bonchev–Trinajstić information content (AvgIpc) is 3.33. The molecule has 0 atom stereocenters. The topological polar surface area (TPSA) is 20.3 Å². The summed E-state index contributed by atoms with van der Waals surface area (Å²) in [6.07, 6.45) is 9.03.